The predicted molar refractivity (Wildman–Crippen MR) is 76.1 cm³/mol. The summed E-state index contributed by atoms with van der Waals surface area (Å²) in [6, 6.07) is 3.78. The molecule has 1 heterocycles. The lowest BCUT2D eigenvalue weighted by molar-refractivity contribution is 0.0702. The van der Waals surface area contributed by atoms with E-state index >= 15 is 0 Å². The van der Waals surface area contributed by atoms with E-state index in [1.165, 1.54) is 0 Å². The molecule has 112 valence electrons. The molecule has 5 nitrogen and oxygen atoms in total. The SMILES string of the molecule is O=C(O)c1cc(S(=O)(=O)Nc2c(F)cccc2F)c(Br)s1. The molecule has 0 spiro atoms. The summed E-state index contributed by atoms with van der Waals surface area (Å²) in [4.78, 5) is 10.2. The first-order valence-electron chi connectivity index (χ1n) is 5.22. The first-order valence-corrected chi connectivity index (χ1v) is 8.31. The van der Waals surface area contributed by atoms with Crippen LogP contribution in [0.3, 0.4) is 0 Å². The van der Waals surface area contributed by atoms with Crippen LogP contribution in [-0.2, 0) is 10.0 Å². The Hall–Kier alpha value is -1.52. The van der Waals surface area contributed by atoms with Crippen LogP contribution in [0.15, 0.2) is 32.9 Å². The maximum Gasteiger partial charge on any atom is 0.345 e. The molecule has 0 radical (unpaired) electrons. The number of hydrogen-bond acceptors (Lipinski definition) is 4. The average Bonchev–Trinajstić information content (AvgIpc) is 2.77. The highest BCUT2D eigenvalue weighted by atomic mass is 79.9. The van der Waals surface area contributed by atoms with Crippen molar-refractivity contribution in [1.29, 1.82) is 0 Å². The molecule has 0 aliphatic heterocycles. The number of nitrogens with one attached hydrogen (secondary N) is 1. The topological polar surface area (TPSA) is 83.5 Å². The number of carboxylic acid groups (broad SMARTS) is 1. The number of carboxylic acids is 1. The van der Waals surface area contributed by atoms with Gasteiger partial charge in [-0.1, -0.05) is 6.07 Å². The van der Waals surface area contributed by atoms with Crippen LogP contribution >= 0.6 is 27.3 Å². The van der Waals surface area contributed by atoms with Crippen molar-refractivity contribution < 1.29 is 27.1 Å². The van der Waals surface area contributed by atoms with E-state index < -0.39 is 38.2 Å². The van der Waals surface area contributed by atoms with Gasteiger partial charge in [0.1, 0.15) is 27.1 Å². The number of halogens is 3. The van der Waals surface area contributed by atoms with Crippen molar-refractivity contribution in [3.63, 3.8) is 0 Å². The number of para-hydroxylation sites is 1. The molecule has 0 fully saturated rings. The van der Waals surface area contributed by atoms with Crippen LogP contribution in [0.5, 0.6) is 0 Å². The van der Waals surface area contributed by atoms with Crippen molar-refractivity contribution in [1.82, 2.24) is 0 Å². The van der Waals surface area contributed by atoms with Crippen LogP contribution in [0.4, 0.5) is 14.5 Å². The molecule has 0 atom stereocenters. The van der Waals surface area contributed by atoms with E-state index in [-0.39, 0.29) is 8.66 Å². The molecule has 0 unspecified atom stereocenters. The maximum atomic E-state index is 13.5. The van der Waals surface area contributed by atoms with Crippen molar-refractivity contribution in [2.75, 3.05) is 4.72 Å². The van der Waals surface area contributed by atoms with E-state index in [2.05, 4.69) is 15.9 Å². The first-order chi connectivity index (χ1) is 9.72. The molecule has 0 amide bonds. The molecule has 2 rings (SSSR count). The summed E-state index contributed by atoms with van der Waals surface area (Å²) in [5, 5.41) is 8.82. The third kappa shape index (κ3) is 3.22. The minimum atomic E-state index is -4.33. The fourth-order valence-corrected chi connectivity index (χ4v) is 4.91. The number of carbonyl (C=O) groups is 1. The van der Waals surface area contributed by atoms with Crippen LogP contribution in [0.1, 0.15) is 9.67 Å². The van der Waals surface area contributed by atoms with E-state index in [4.69, 9.17) is 5.11 Å². The lowest BCUT2D eigenvalue weighted by atomic mass is 10.3. The van der Waals surface area contributed by atoms with Gasteiger partial charge in [-0.05, 0) is 34.1 Å². The summed E-state index contributed by atoms with van der Waals surface area (Å²) in [7, 11) is -4.33. The van der Waals surface area contributed by atoms with Gasteiger partial charge in [-0.15, -0.1) is 11.3 Å². The Morgan fingerprint density at radius 3 is 2.33 bits per heavy atom. The van der Waals surface area contributed by atoms with Gasteiger partial charge in [-0.2, -0.15) is 0 Å². The monoisotopic (exact) mass is 397 g/mol. The molecule has 2 aromatic rings. The van der Waals surface area contributed by atoms with E-state index in [0.29, 0.717) is 11.3 Å². The zero-order valence-electron chi connectivity index (χ0n) is 9.93. The first kappa shape index (κ1) is 15.9. The summed E-state index contributed by atoms with van der Waals surface area (Å²) in [6.45, 7) is 0. The number of aromatic carboxylic acids is 1. The lowest BCUT2D eigenvalue weighted by Crippen LogP contribution is -2.15. The molecule has 10 heteroatoms. The summed E-state index contributed by atoms with van der Waals surface area (Å²) < 4.78 is 52.9. The summed E-state index contributed by atoms with van der Waals surface area (Å²) in [5.74, 6) is -3.47. The van der Waals surface area contributed by atoms with Crippen LogP contribution in [0.2, 0.25) is 0 Å². The number of rotatable bonds is 4. The van der Waals surface area contributed by atoms with Crippen LogP contribution in [0, 0.1) is 11.6 Å². The highest BCUT2D eigenvalue weighted by molar-refractivity contribution is 9.11. The quantitative estimate of drug-likeness (QED) is 0.828. The minimum Gasteiger partial charge on any atom is -0.477 e. The Kier molecular flexibility index (Phi) is 4.30. The van der Waals surface area contributed by atoms with Crippen LogP contribution in [-0.4, -0.2) is 19.5 Å². The number of hydrogen-bond donors (Lipinski definition) is 2. The fraction of sp³-hybridized carbons (Fsp3) is 0. The molecule has 1 aromatic heterocycles. The Bertz CT molecular complexity index is 799. The van der Waals surface area contributed by atoms with Gasteiger partial charge in [0.15, 0.2) is 0 Å². The molecular formula is C11H6BrF2NO4S2. The van der Waals surface area contributed by atoms with E-state index in [9.17, 15) is 22.0 Å². The fourth-order valence-electron chi connectivity index (χ4n) is 1.43. The third-order valence-electron chi connectivity index (χ3n) is 2.35. The van der Waals surface area contributed by atoms with Gasteiger partial charge in [0.25, 0.3) is 10.0 Å². The Morgan fingerprint density at radius 1 is 1.29 bits per heavy atom. The highest BCUT2D eigenvalue weighted by Crippen LogP contribution is 2.33. The number of anilines is 1. The standard InChI is InChI=1S/C11H6BrF2NO4S2/c12-10-8(4-7(20-10)11(16)17)21(18,19)15-9-5(13)2-1-3-6(9)14/h1-4,15H,(H,16,17). The molecule has 0 aliphatic rings. The smallest absolute Gasteiger partial charge is 0.345 e. The largest absolute Gasteiger partial charge is 0.477 e. The number of sulfonamides is 1. The summed E-state index contributed by atoms with van der Waals surface area (Å²) in [5.41, 5.74) is -0.826. The lowest BCUT2D eigenvalue weighted by Gasteiger charge is -2.08. The molecule has 0 aliphatic carbocycles. The number of thiophene rings is 1. The average molecular weight is 398 g/mol. The van der Waals surface area contributed by atoms with E-state index in [0.717, 1.165) is 24.3 Å². The Labute approximate surface area is 130 Å². The van der Waals surface area contributed by atoms with Crippen LogP contribution in [0.25, 0.3) is 0 Å². The van der Waals surface area contributed by atoms with Crippen molar-refractivity contribution >= 4 is 48.9 Å². The maximum absolute atomic E-state index is 13.5. The second kappa shape index (κ2) is 5.70. The van der Waals surface area contributed by atoms with Gasteiger partial charge in [0, 0.05) is 0 Å². The van der Waals surface area contributed by atoms with Crippen LogP contribution < -0.4 is 4.72 Å². The molecule has 0 saturated carbocycles. The zero-order chi connectivity index (χ0) is 15.8. The molecule has 2 N–H and O–H groups in total. The molecule has 0 bridgehead atoms. The molecule has 0 saturated heterocycles. The minimum absolute atomic E-state index is 0.0177. The second-order valence-electron chi connectivity index (χ2n) is 3.76. The van der Waals surface area contributed by atoms with Gasteiger partial charge >= 0.3 is 5.97 Å². The van der Waals surface area contributed by atoms with Gasteiger partial charge in [-0.25, -0.2) is 22.0 Å². The highest BCUT2D eigenvalue weighted by Gasteiger charge is 2.25. The summed E-state index contributed by atoms with van der Waals surface area (Å²) in [6.07, 6.45) is 0. The molecule has 21 heavy (non-hydrogen) atoms. The Morgan fingerprint density at radius 2 is 1.86 bits per heavy atom. The summed E-state index contributed by atoms with van der Waals surface area (Å²) >= 11 is 3.60. The third-order valence-corrected chi connectivity index (χ3v) is 5.94. The molecular weight excluding hydrogens is 392 g/mol. The number of benzene rings is 1. The van der Waals surface area contributed by atoms with Gasteiger partial charge < -0.3 is 5.11 Å². The van der Waals surface area contributed by atoms with Gasteiger partial charge in [-0.3, -0.25) is 4.72 Å². The van der Waals surface area contributed by atoms with Gasteiger partial charge in [0.05, 0.1) is 3.79 Å². The zero-order valence-corrected chi connectivity index (χ0v) is 13.2. The predicted octanol–water partition coefficient (Wildman–Crippen LogP) is 3.29. The normalized spacial score (nSPS) is 11.4. The van der Waals surface area contributed by atoms with Crippen molar-refractivity contribution in [3.8, 4) is 0 Å². The van der Waals surface area contributed by atoms with E-state index in [1.54, 1.807) is 4.72 Å². The van der Waals surface area contributed by atoms with Crippen molar-refractivity contribution in [2.24, 2.45) is 0 Å². The van der Waals surface area contributed by atoms with Crippen molar-refractivity contribution in [3.05, 3.63) is 44.6 Å². The van der Waals surface area contributed by atoms with E-state index in [1.807, 2.05) is 0 Å². The van der Waals surface area contributed by atoms with Gasteiger partial charge in [0.2, 0.25) is 0 Å². The van der Waals surface area contributed by atoms with Crippen molar-refractivity contribution in [2.45, 2.75) is 4.90 Å². The second-order valence-corrected chi connectivity index (χ2v) is 7.78. The Balaban J connectivity index is 2.46. The molecule has 1 aromatic carbocycles.